The van der Waals surface area contributed by atoms with E-state index < -0.39 is 5.38 Å². The van der Waals surface area contributed by atoms with E-state index in [0.29, 0.717) is 43.9 Å². The molecule has 2 aliphatic rings. The summed E-state index contributed by atoms with van der Waals surface area (Å²) < 4.78 is 0. The fraction of sp³-hybridized carbons (Fsp3) is 0.500. The number of benzene rings is 1. The molecule has 1 saturated heterocycles. The number of carbonyl (C=O) groups is 4. The van der Waals surface area contributed by atoms with Crippen LogP contribution in [0.15, 0.2) is 18.2 Å². The Morgan fingerprint density at radius 1 is 0.964 bits per heavy atom. The number of imide groups is 1. The number of fused-ring (bicyclic) bond motifs is 1. The first-order chi connectivity index (χ1) is 13.2. The minimum atomic E-state index is -0.587. The van der Waals surface area contributed by atoms with Gasteiger partial charge in [0.2, 0.25) is 5.91 Å². The van der Waals surface area contributed by atoms with Gasteiger partial charge >= 0.3 is 0 Å². The summed E-state index contributed by atoms with van der Waals surface area (Å²) in [6.07, 6.45) is 0. The Hall–Kier alpha value is -2.41. The maximum Gasteiger partial charge on any atom is 0.261 e. The summed E-state index contributed by atoms with van der Waals surface area (Å²) in [5, 5.41) is -0.587. The molecule has 0 saturated carbocycles. The van der Waals surface area contributed by atoms with Gasteiger partial charge in [-0.1, -0.05) is 13.8 Å². The molecule has 0 aromatic heterocycles. The summed E-state index contributed by atoms with van der Waals surface area (Å²) in [5.41, 5.74) is 0.992. The van der Waals surface area contributed by atoms with E-state index in [0.717, 1.165) is 0 Å². The van der Waals surface area contributed by atoms with Crippen LogP contribution in [0.2, 0.25) is 0 Å². The van der Waals surface area contributed by atoms with Crippen molar-refractivity contribution in [2.45, 2.75) is 26.1 Å². The highest BCUT2D eigenvalue weighted by molar-refractivity contribution is 6.30. The molecule has 2 aliphatic heterocycles. The highest BCUT2D eigenvalue weighted by Crippen LogP contribution is 2.25. The third kappa shape index (κ3) is 3.76. The Balaban J connectivity index is 1.72. The van der Waals surface area contributed by atoms with Crippen LogP contribution in [0.1, 0.15) is 51.8 Å². The molecule has 150 valence electrons. The number of alkyl halides is 1. The second kappa shape index (κ2) is 7.91. The van der Waals surface area contributed by atoms with E-state index in [2.05, 4.69) is 0 Å². The number of hydrogen-bond donors (Lipinski definition) is 0. The summed E-state index contributed by atoms with van der Waals surface area (Å²) >= 11 is 5.84. The number of amides is 4. The molecule has 0 aliphatic carbocycles. The van der Waals surface area contributed by atoms with Crippen molar-refractivity contribution < 1.29 is 19.2 Å². The van der Waals surface area contributed by atoms with Crippen LogP contribution in [-0.4, -0.2) is 76.4 Å². The Morgan fingerprint density at radius 2 is 1.54 bits per heavy atom. The predicted molar refractivity (Wildman–Crippen MR) is 104 cm³/mol. The first-order valence-electron chi connectivity index (χ1n) is 9.43. The van der Waals surface area contributed by atoms with E-state index in [1.807, 2.05) is 13.8 Å². The number of carbonyl (C=O) groups excluding carboxylic acids is 4. The quantitative estimate of drug-likeness (QED) is 0.565. The summed E-state index contributed by atoms with van der Waals surface area (Å²) in [6.45, 7) is 7.51. The zero-order chi connectivity index (χ0) is 20.6. The molecule has 0 spiro atoms. The van der Waals surface area contributed by atoms with Crippen molar-refractivity contribution >= 4 is 35.2 Å². The minimum Gasteiger partial charge on any atom is -0.338 e. The summed E-state index contributed by atoms with van der Waals surface area (Å²) in [7, 11) is 0. The molecular weight excluding hydrogens is 382 g/mol. The van der Waals surface area contributed by atoms with Gasteiger partial charge in [0.1, 0.15) is 5.38 Å². The van der Waals surface area contributed by atoms with Gasteiger partial charge < -0.3 is 9.80 Å². The predicted octanol–water partition coefficient (Wildman–Crippen LogP) is 1.85. The smallest absolute Gasteiger partial charge is 0.261 e. The van der Waals surface area contributed by atoms with Crippen LogP contribution in [0.4, 0.5) is 0 Å². The molecule has 0 N–H and O–H groups in total. The van der Waals surface area contributed by atoms with Crippen molar-refractivity contribution in [3.05, 3.63) is 34.9 Å². The van der Waals surface area contributed by atoms with Crippen LogP contribution >= 0.6 is 11.6 Å². The van der Waals surface area contributed by atoms with Crippen LogP contribution in [-0.2, 0) is 4.79 Å². The number of nitrogens with zero attached hydrogens (tertiary/aromatic N) is 3. The Bertz CT molecular complexity index is 829. The molecule has 7 nitrogen and oxygen atoms in total. The first-order valence-corrected chi connectivity index (χ1v) is 9.86. The van der Waals surface area contributed by atoms with Gasteiger partial charge in [-0.3, -0.25) is 24.1 Å². The van der Waals surface area contributed by atoms with Crippen molar-refractivity contribution in [3.63, 3.8) is 0 Å². The maximum atomic E-state index is 12.8. The minimum absolute atomic E-state index is 0.138. The number of piperazine rings is 1. The molecule has 8 heteroatoms. The molecule has 2 heterocycles. The molecule has 1 aromatic rings. The van der Waals surface area contributed by atoms with E-state index >= 15 is 0 Å². The Labute approximate surface area is 169 Å². The van der Waals surface area contributed by atoms with E-state index in [9.17, 15) is 19.2 Å². The van der Waals surface area contributed by atoms with Gasteiger partial charge in [0.15, 0.2) is 0 Å². The summed E-state index contributed by atoms with van der Waals surface area (Å²) in [5.74, 6) is -0.847. The largest absolute Gasteiger partial charge is 0.338 e. The molecule has 1 aromatic carbocycles. The van der Waals surface area contributed by atoms with Gasteiger partial charge in [0.05, 0.1) is 11.1 Å². The fourth-order valence-electron chi connectivity index (χ4n) is 3.52. The van der Waals surface area contributed by atoms with E-state index in [1.165, 1.54) is 11.0 Å². The molecule has 0 radical (unpaired) electrons. The average Bonchev–Trinajstić information content (AvgIpc) is 2.91. The SMILES string of the molecule is CC(C)CN1C(=O)c2ccc(C(=O)N3CCN(C(=O)C(C)Cl)CC3)cc2C1=O. The third-order valence-corrected chi connectivity index (χ3v) is 5.17. The van der Waals surface area contributed by atoms with Gasteiger partial charge in [0, 0.05) is 38.3 Å². The summed E-state index contributed by atoms with van der Waals surface area (Å²) in [6, 6.07) is 4.65. The van der Waals surface area contributed by atoms with E-state index in [1.54, 1.807) is 28.9 Å². The number of rotatable bonds is 4. The molecule has 1 unspecified atom stereocenters. The van der Waals surface area contributed by atoms with Gasteiger partial charge in [-0.15, -0.1) is 11.6 Å². The molecule has 0 bridgehead atoms. The van der Waals surface area contributed by atoms with Crippen LogP contribution in [0.3, 0.4) is 0 Å². The van der Waals surface area contributed by atoms with Gasteiger partial charge in [-0.25, -0.2) is 0 Å². The zero-order valence-corrected chi connectivity index (χ0v) is 17.0. The van der Waals surface area contributed by atoms with Crippen LogP contribution in [0.25, 0.3) is 0 Å². The number of hydrogen-bond acceptors (Lipinski definition) is 4. The fourth-order valence-corrected chi connectivity index (χ4v) is 3.66. The maximum absolute atomic E-state index is 12.8. The van der Waals surface area contributed by atoms with Crippen LogP contribution in [0.5, 0.6) is 0 Å². The molecule has 4 amide bonds. The second-order valence-corrected chi connectivity index (χ2v) is 8.26. The lowest BCUT2D eigenvalue weighted by atomic mass is 10.0. The molecule has 28 heavy (non-hydrogen) atoms. The van der Waals surface area contributed by atoms with Crippen LogP contribution in [0, 0.1) is 5.92 Å². The molecular formula is C20H24ClN3O4. The molecule has 3 rings (SSSR count). The van der Waals surface area contributed by atoms with Gasteiger partial charge in [-0.2, -0.15) is 0 Å². The lowest BCUT2D eigenvalue weighted by molar-refractivity contribution is -0.131. The van der Waals surface area contributed by atoms with Gasteiger partial charge in [-0.05, 0) is 31.0 Å². The highest BCUT2D eigenvalue weighted by atomic mass is 35.5. The van der Waals surface area contributed by atoms with Crippen molar-refractivity contribution in [2.24, 2.45) is 5.92 Å². The lowest BCUT2D eigenvalue weighted by Gasteiger charge is -2.35. The third-order valence-electron chi connectivity index (χ3n) is 4.98. The molecule has 1 fully saturated rings. The zero-order valence-electron chi connectivity index (χ0n) is 16.3. The molecule has 1 atom stereocenters. The average molecular weight is 406 g/mol. The van der Waals surface area contributed by atoms with Crippen molar-refractivity contribution in [1.82, 2.24) is 14.7 Å². The van der Waals surface area contributed by atoms with E-state index in [4.69, 9.17) is 11.6 Å². The standard InChI is InChI=1S/C20H24ClN3O4/c1-12(2)11-24-19(27)15-5-4-14(10-16(15)20(24)28)18(26)23-8-6-22(7-9-23)17(25)13(3)21/h4-5,10,12-13H,6-9,11H2,1-3H3. The first kappa shape index (κ1) is 20.3. The highest BCUT2D eigenvalue weighted by Gasteiger charge is 2.36. The Kier molecular flexibility index (Phi) is 5.74. The lowest BCUT2D eigenvalue weighted by Crippen LogP contribution is -2.52. The van der Waals surface area contributed by atoms with Crippen molar-refractivity contribution in [2.75, 3.05) is 32.7 Å². The normalized spacial score (nSPS) is 18.0. The Morgan fingerprint density at radius 3 is 2.11 bits per heavy atom. The monoisotopic (exact) mass is 405 g/mol. The van der Waals surface area contributed by atoms with Gasteiger partial charge in [0.25, 0.3) is 17.7 Å². The second-order valence-electron chi connectivity index (χ2n) is 7.61. The summed E-state index contributed by atoms with van der Waals surface area (Å²) in [4.78, 5) is 54.4. The van der Waals surface area contributed by atoms with E-state index in [-0.39, 0.29) is 35.1 Å². The topological polar surface area (TPSA) is 78.0 Å². The van der Waals surface area contributed by atoms with Crippen molar-refractivity contribution in [3.8, 4) is 0 Å². The van der Waals surface area contributed by atoms with Crippen molar-refractivity contribution in [1.29, 1.82) is 0 Å². The van der Waals surface area contributed by atoms with Crippen LogP contribution < -0.4 is 0 Å². The number of halogens is 1.